The summed E-state index contributed by atoms with van der Waals surface area (Å²) in [6, 6.07) is 5.63. The molecular weight excluding hydrogens is 320 g/mol. The lowest BCUT2D eigenvalue weighted by atomic mass is 9.66. The summed E-state index contributed by atoms with van der Waals surface area (Å²) in [5.74, 6) is 0.391. The van der Waals surface area contributed by atoms with E-state index in [1.165, 1.54) is 0 Å². The van der Waals surface area contributed by atoms with Crippen molar-refractivity contribution >= 4 is 5.78 Å². The maximum atomic E-state index is 12.4. The summed E-state index contributed by atoms with van der Waals surface area (Å²) >= 11 is 0. The number of benzene rings is 1. The SMILES string of the molecule is C=CC[C@]12CC(=O)[C@@H](O)[C@H]([C@@H](c3ccc(OC)c(OC)c3)[C@@H]1C)[C@H]2O. The number of methoxy groups -OCH3 is 2. The molecule has 2 saturated carbocycles. The third kappa shape index (κ3) is 2.49. The molecule has 6 atom stereocenters. The number of carbonyl (C=O) groups is 1. The number of aliphatic hydroxyl groups is 2. The van der Waals surface area contributed by atoms with Crippen LogP contribution in [-0.2, 0) is 4.79 Å². The molecule has 5 nitrogen and oxygen atoms in total. The molecule has 0 saturated heterocycles. The minimum atomic E-state index is -1.14. The van der Waals surface area contributed by atoms with Crippen molar-refractivity contribution in [2.24, 2.45) is 17.3 Å². The van der Waals surface area contributed by atoms with E-state index in [1.54, 1.807) is 20.3 Å². The van der Waals surface area contributed by atoms with Gasteiger partial charge in [-0.25, -0.2) is 0 Å². The monoisotopic (exact) mass is 346 g/mol. The van der Waals surface area contributed by atoms with Gasteiger partial charge in [-0.15, -0.1) is 6.58 Å². The minimum Gasteiger partial charge on any atom is -0.493 e. The average molecular weight is 346 g/mol. The third-order valence-corrected chi connectivity index (χ3v) is 6.33. The number of aliphatic hydroxyl groups excluding tert-OH is 2. The molecule has 0 aromatic heterocycles. The number of Topliss-reactive ketones (excluding diaryl/α,β-unsaturated/α-hetero) is 1. The van der Waals surface area contributed by atoms with Gasteiger partial charge in [-0.3, -0.25) is 4.79 Å². The van der Waals surface area contributed by atoms with Crippen LogP contribution in [0.15, 0.2) is 30.9 Å². The van der Waals surface area contributed by atoms with Crippen LogP contribution >= 0.6 is 0 Å². The molecule has 1 aromatic carbocycles. The highest BCUT2D eigenvalue weighted by Gasteiger charge is 2.64. The smallest absolute Gasteiger partial charge is 0.162 e. The Hall–Kier alpha value is -1.85. The quantitative estimate of drug-likeness (QED) is 0.800. The average Bonchev–Trinajstić information content (AvgIpc) is 2.77. The van der Waals surface area contributed by atoms with Crippen molar-refractivity contribution in [2.45, 2.75) is 37.9 Å². The summed E-state index contributed by atoms with van der Waals surface area (Å²) in [6.07, 6.45) is 0.609. The van der Waals surface area contributed by atoms with Gasteiger partial charge in [-0.1, -0.05) is 19.1 Å². The van der Waals surface area contributed by atoms with Crippen molar-refractivity contribution in [2.75, 3.05) is 14.2 Å². The molecule has 0 aliphatic heterocycles. The summed E-state index contributed by atoms with van der Waals surface area (Å²) in [5.41, 5.74) is 0.370. The van der Waals surface area contributed by atoms with Gasteiger partial charge in [0.05, 0.1) is 20.3 Å². The molecule has 2 aliphatic carbocycles. The fourth-order valence-electron chi connectivity index (χ4n) is 5.04. The van der Waals surface area contributed by atoms with Gasteiger partial charge in [0.25, 0.3) is 0 Å². The Morgan fingerprint density at radius 2 is 1.96 bits per heavy atom. The van der Waals surface area contributed by atoms with E-state index in [4.69, 9.17) is 9.47 Å². The van der Waals surface area contributed by atoms with E-state index in [-0.39, 0.29) is 24.0 Å². The first-order valence-electron chi connectivity index (χ1n) is 8.63. The zero-order valence-electron chi connectivity index (χ0n) is 14.9. The van der Waals surface area contributed by atoms with E-state index in [9.17, 15) is 15.0 Å². The van der Waals surface area contributed by atoms with Crippen molar-refractivity contribution in [1.82, 2.24) is 0 Å². The second kappa shape index (κ2) is 6.46. The molecular formula is C20H26O5. The number of hydrogen-bond acceptors (Lipinski definition) is 5. The predicted octanol–water partition coefficient (Wildman–Crippen LogP) is 2.31. The minimum absolute atomic E-state index is 0.0182. The van der Waals surface area contributed by atoms with Crippen LogP contribution in [-0.4, -0.2) is 42.4 Å². The van der Waals surface area contributed by atoms with Gasteiger partial charge in [-0.2, -0.15) is 0 Å². The lowest BCUT2D eigenvalue weighted by Crippen LogP contribution is -2.49. The fraction of sp³-hybridized carbons (Fsp3) is 0.550. The van der Waals surface area contributed by atoms with E-state index in [0.717, 1.165) is 5.56 Å². The molecule has 0 radical (unpaired) electrons. The maximum Gasteiger partial charge on any atom is 0.162 e. The van der Waals surface area contributed by atoms with E-state index in [1.807, 2.05) is 18.2 Å². The Kier molecular flexibility index (Phi) is 4.64. The van der Waals surface area contributed by atoms with Crippen LogP contribution < -0.4 is 9.47 Å². The molecule has 0 amide bonds. The molecule has 5 heteroatoms. The van der Waals surface area contributed by atoms with Gasteiger partial charge in [0.1, 0.15) is 6.10 Å². The number of allylic oxidation sites excluding steroid dienone is 1. The Labute approximate surface area is 148 Å². The van der Waals surface area contributed by atoms with Gasteiger partial charge in [0.2, 0.25) is 0 Å². The van der Waals surface area contributed by atoms with Crippen LogP contribution in [0.5, 0.6) is 11.5 Å². The summed E-state index contributed by atoms with van der Waals surface area (Å²) in [5, 5.41) is 21.5. The molecule has 2 aliphatic rings. The van der Waals surface area contributed by atoms with E-state index in [2.05, 4.69) is 13.5 Å². The lowest BCUT2D eigenvalue weighted by molar-refractivity contribution is -0.146. The van der Waals surface area contributed by atoms with E-state index >= 15 is 0 Å². The Morgan fingerprint density at radius 1 is 1.28 bits per heavy atom. The molecule has 136 valence electrons. The normalized spacial score (nSPS) is 37.0. The first-order chi connectivity index (χ1) is 11.9. The molecule has 0 unspecified atom stereocenters. The molecule has 1 aromatic rings. The Bertz CT molecular complexity index is 685. The maximum absolute atomic E-state index is 12.4. The molecule has 25 heavy (non-hydrogen) atoms. The Morgan fingerprint density at radius 3 is 2.56 bits per heavy atom. The summed E-state index contributed by atoms with van der Waals surface area (Å²) in [7, 11) is 3.15. The third-order valence-electron chi connectivity index (χ3n) is 6.33. The fourth-order valence-corrected chi connectivity index (χ4v) is 5.04. The molecule has 3 rings (SSSR count). The second-order valence-electron chi connectivity index (χ2n) is 7.26. The number of hydrogen-bond donors (Lipinski definition) is 2. The van der Waals surface area contributed by atoms with Gasteiger partial charge >= 0.3 is 0 Å². The van der Waals surface area contributed by atoms with E-state index < -0.39 is 23.5 Å². The van der Waals surface area contributed by atoms with Gasteiger partial charge < -0.3 is 19.7 Å². The summed E-state index contributed by atoms with van der Waals surface area (Å²) in [4.78, 5) is 12.4. The van der Waals surface area contributed by atoms with Crippen LogP contribution in [0.2, 0.25) is 0 Å². The van der Waals surface area contributed by atoms with Crippen molar-refractivity contribution in [3.05, 3.63) is 36.4 Å². The zero-order chi connectivity index (χ0) is 18.4. The molecule has 0 spiro atoms. The molecule has 2 N–H and O–H groups in total. The highest BCUT2D eigenvalue weighted by Crippen LogP contribution is 2.62. The van der Waals surface area contributed by atoms with Crippen LogP contribution in [0.1, 0.15) is 31.2 Å². The van der Waals surface area contributed by atoms with Crippen molar-refractivity contribution in [3.8, 4) is 11.5 Å². The largest absolute Gasteiger partial charge is 0.493 e. The van der Waals surface area contributed by atoms with Gasteiger partial charge in [0, 0.05) is 17.8 Å². The van der Waals surface area contributed by atoms with Crippen molar-refractivity contribution in [1.29, 1.82) is 0 Å². The zero-order valence-corrected chi connectivity index (χ0v) is 14.9. The van der Waals surface area contributed by atoms with Crippen molar-refractivity contribution < 1.29 is 24.5 Å². The molecule has 2 bridgehead atoms. The highest BCUT2D eigenvalue weighted by atomic mass is 16.5. The molecule has 0 heterocycles. The second-order valence-corrected chi connectivity index (χ2v) is 7.26. The highest BCUT2D eigenvalue weighted by molar-refractivity contribution is 5.86. The van der Waals surface area contributed by atoms with Gasteiger partial charge in [-0.05, 0) is 36.0 Å². The molecule has 2 fully saturated rings. The van der Waals surface area contributed by atoms with Gasteiger partial charge in [0.15, 0.2) is 17.3 Å². The van der Waals surface area contributed by atoms with E-state index in [0.29, 0.717) is 17.9 Å². The van der Waals surface area contributed by atoms with Crippen LogP contribution in [0, 0.1) is 17.3 Å². The van der Waals surface area contributed by atoms with Crippen molar-refractivity contribution in [3.63, 3.8) is 0 Å². The standard InChI is InChI=1S/C20H26O5/c1-5-8-20-10-13(21)18(22)17(19(20)23)16(11(20)2)12-6-7-14(24-3)15(9-12)25-4/h5-7,9,11,16-19,22-23H,1,8,10H2,2-4H3/t11-,16+,17-,18+,19+,20-/m0/s1. The Balaban J connectivity index is 2.10. The number of carbonyl (C=O) groups excluding carboxylic acids is 1. The summed E-state index contributed by atoms with van der Waals surface area (Å²) in [6.45, 7) is 5.86. The predicted molar refractivity (Wildman–Crippen MR) is 93.8 cm³/mol. The first-order valence-corrected chi connectivity index (χ1v) is 8.63. The lowest BCUT2D eigenvalue weighted by Gasteiger charge is -2.40. The number of ketones is 1. The van der Waals surface area contributed by atoms with Crippen LogP contribution in [0.3, 0.4) is 0 Å². The van der Waals surface area contributed by atoms with Crippen LogP contribution in [0.25, 0.3) is 0 Å². The van der Waals surface area contributed by atoms with Crippen LogP contribution in [0.4, 0.5) is 0 Å². The number of ether oxygens (including phenoxy) is 2. The topological polar surface area (TPSA) is 76.0 Å². The number of rotatable bonds is 5. The number of fused-ring (bicyclic) bond motifs is 2. The summed E-state index contributed by atoms with van der Waals surface area (Å²) < 4.78 is 10.7. The first kappa shape index (κ1) is 18.0.